The number of ketones is 1. The zero-order chi connectivity index (χ0) is 20.9. The van der Waals surface area contributed by atoms with Gasteiger partial charge < -0.3 is 25.2 Å². The molecule has 6 nitrogen and oxygen atoms in total. The number of carbonyl (C=O) groups excluding carboxylic acids is 1. The standard InChI is InChI=1S/C22H32O6/c1-6-28-18-12(3)21(26)14(16-19(4,5)22(16,18)27)8-13(10-23)9-20(25)15(21)7-11(2)17(20)24/h7-8,12,14-16,18,23,25-27H,6,9-10H2,1-5H3/t12-,14+,15-,16+,18-,20-,21-,22-/m1/s1. The quantitative estimate of drug-likeness (QED) is 0.533. The number of aliphatic hydroxyl groups is 4. The Balaban J connectivity index is 1.94. The van der Waals surface area contributed by atoms with Crippen LogP contribution in [0.5, 0.6) is 0 Å². The molecule has 0 amide bonds. The lowest BCUT2D eigenvalue weighted by Crippen LogP contribution is -2.65. The van der Waals surface area contributed by atoms with E-state index in [1.807, 2.05) is 27.7 Å². The van der Waals surface area contributed by atoms with Gasteiger partial charge in [0.2, 0.25) is 0 Å². The first kappa shape index (κ1) is 20.2. The van der Waals surface area contributed by atoms with Gasteiger partial charge in [0.05, 0.1) is 18.3 Å². The van der Waals surface area contributed by atoms with Crippen molar-refractivity contribution in [2.24, 2.45) is 29.1 Å². The van der Waals surface area contributed by atoms with Crippen LogP contribution >= 0.6 is 0 Å². The van der Waals surface area contributed by atoms with E-state index in [4.69, 9.17) is 4.74 Å². The maximum atomic E-state index is 12.9. The van der Waals surface area contributed by atoms with Crippen LogP contribution in [-0.2, 0) is 9.53 Å². The van der Waals surface area contributed by atoms with Crippen molar-refractivity contribution in [3.63, 3.8) is 0 Å². The first-order valence-electron chi connectivity index (χ1n) is 10.2. The van der Waals surface area contributed by atoms with E-state index < -0.39 is 51.9 Å². The average Bonchev–Trinajstić information content (AvgIpc) is 3.02. The fourth-order valence-electron chi connectivity index (χ4n) is 6.87. The number of fused-ring (bicyclic) bond motifs is 5. The summed E-state index contributed by atoms with van der Waals surface area (Å²) in [6.07, 6.45) is 2.85. The van der Waals surface area contributed by atoms with Gasteiger partial charge in [-0.15, -0.1) is 0 Å². The van der Waals surface area contributed by atoms with Gasteiger partial charge in [0.15, 0.2) is 5.78 Å². The zero-order valence-electron chi connectivity index (χ0n) is 17.3. The van der Waals surface area contributed by atoms with Gasteiger partial charge in [-0.1, -0.05) is 32.9 Å². The molecule has 4 rings (SSSR count). The molecular weight excluding hydrogens is 360 g/mol. The second kappa shape index (κ2) is 5.76. The van der Waals surface area contributed by atoms with Crippen molar-refractivity contribution in [3.05, 3.63) is 23.3 Å². The van der Waals surface area contributed by atoms with Gasteiger partial charge in [0, 0.05) is 42.1 Å². The van der Waals surface area contributed by atoms with Crippen molar-refractivity contribution in [1.29, 1.82) is 0 Å². The van der Waals surface area contributed by atoms with E-state index in [9.17, 15) is 25.2 Å². The minimum Gasteiger partial charge on any atom is -0.392 e. The van der Waals surface area contributed by atoms with Crippen LogP contribution in [0, 0.1) is 29.1 Å². The number of Topliss-reactive ketones (excluding diaryl/α,β-unsaturated/α-hetero) is 1. The summed E-state index contributed by atoms with van der Waals surface area (Å²) in [5, 5.41) is 45.1. The summed E-state index contributed by atoms with van der Waals surface area (Å²) in [6.45, 7) is 9.36. The molecule has 4 N–H and O–H groups in total. The summed E-state index contributed by atoms with van der Waals surface area (Å²) in [7, 11) is 0. The third kappa shape index (κ3) is 2.03. The van der Waals surface area contributed by atoms with Crippen LogP contribution in [0.1, 0.15) is 41.0 Å². The molecule has 0 aromatic heterocycles. The van der Waals surface area contributed by atoms with Crippen LogP contribution in [0.3, 0.4) is 0 Å². The van der Waals surface area contributed by atoms with E-state index in [-0.39, 0.29) is 18.9 Å². The molecule has 0 aliphatic heterocycles. The summed E-state index contributed by atoms with van der Waals surface area (Å²) >= 11 is 0. The molecule has 4 aliphatic carbocycles. The minimum atomic E-state index is -1.79. The Bertz CT molecular complexity index is 784. The highest BCUT2D eigenvalue weighted by molar-refractivity contribution is 6.04. The van der Waals surface area contributed by atoms with E-state index in [2.05, 4.69) is 0 Å². The Labute approximate surface area is 165 Å². The van der Waals surface area contributed by atoms with E-state index in [0.717, 1.165) is 0 Å². The van der Waals surface area contributed by atoms with Gasteiger partial charge in [0.25, 0.3) is 0 Å². The highest BCUT2D eigenvalue weighted by Gasteiger charge is 2.84. The van der Waals surface area contributed by atoms with Crippen molar-refractivity contribution in [3.8, 4) is 0 Å². The predicted molar refractivity (Wildman–Crippen MR) is 102 cm³/mol. The fourth-order valence-corrected chi connectivity index (χ4v) is 6.87. The molecule has 0 aromatic carbocycles. The lowest BCUT2D eigenvalue weighted by molar-refractivity contribution is -0.220. The summed E-state index contributed by atoms with van der Waals surface area (Å²) in [4.78, 5) is 12.9. The second-order valence-corrected chi connectivity index (χ2v) is 9.84. The van der Waals surface area contributed by atoms with Crippen molar-refractivity contribution < 1.29 is 30.0 Å². The van der Waals surface area contributed by atoms with E-state index in [1.54, 1.807) is 19.1 Å². The van der Waals surface area contributed by atoms with Crippen LogP contribution in [0.15, 0.2) is 23.3 Å². The number of rotatable bonds is 3. The van der Waals surface area contributed by atoms with Gasteiger partial charge in [-0.2, -0.15) is 0 Å². The first-order chi connectivity index (χ1) is 12.9. The molecule has 4 aliphatic rings. The molecule has 28 heavy (non-hydrogen) atoms. The zero-order valence-corrected chi connectivity index (χ0v) is 17.3. The summed E-state index contributed by atoms with van der Waals surface area (Å²) < 4.78 is 5.96. The summed E-state index contributed by atoms with van der Waals surface area (Å²) in [5.74, 6) is -2.55. The lowest BCUT2D eigenvalue weighted by atomic mass is 9.59. The van der Waals surface area contributed by atoms with E-state index in [1.165, 1.54) is 0 Å². The average molecular weight is 392 g/mol. The van der Waals surface area contributed by atoms with Gasteiger partial charge in [0.1, 0.15) is 11.2 Å². The van der Waals surface area contributed by atoms with Crippen molar-refractivity contribution in [2.45, 2.75) is 63.9 Å². The minimum absolute atomic E-state index is 0.0166. The fraction of sp³-hybridized carbons (Fsp3) is 0.773. The normalized spacial score (nSPS) is 51.5. The summed E-state index contributed by atoms with van der Waals surface area (Å²) in [6, 6.07) is 0. The monoisotopic (exact) mass is 392 g/mol. The van der Waals surface area contributed by atoms with Gasteiger partial charge in [-0.3, -0.25) is 4.79 Å². The smallest absolute Gasteiger partial charge is 0.190 e. The van der Waals surface area contributed by atoms with Gasteiger partial charge >= 0.3 is 0 Å². The molecule has 2 saturated carbocycles. The number of aliphatic hydroxyl groups excluding tert-OH is 1. The molecule has 0 spiro atoms. The van der Waals surface area contributed by atoms with Crippen molar-refractivity contribution in [2.75, 3.05) is 13.2 Å². The largest absolute Gasteiger partial charge is 0.392 e. The molecule has 0 heterocycles. The molecule has 156 valence electrons. The summed E-state index contributed by atoms with van der Waals surface area (Å²) in [5.41, 5.74) is -3.94. The Morgan fingerprint density at radius 3 is 2.43 bits per heavy atom. The van der Waals surface area contributed by atoms with E-state index >= 15 is 0 Å². The molecule has 0 radical (unpaired) electrons. The number of carbonyl (C=O) groups is 1. The van der Waals surface area contributed by atoms with Gasteiger partial charge in [-0.05, 0) is 25.0 Å². The Hall–Kier alpha value is -1.05. The maximum Gasteiger partial charge on any atom is 0.190 e. The highest BCUT2D eigenvalue weighted by atomic mass is 16.5. The first-order valence-corrected chi connectivity index (χ1v) is 10.2. The highest BCUT2D eigenvalue weighted by Crippen LogP contribution is 2.75. The molecule has 6 heteroatoms. The third-order valence-corrected chi connectivity index (χ3v) is 8.35. The van der Waals surface area contributed by atoms with Crippen LogP contribution in [0.2, 0.25) is 0 Å². The number of hydrogen-bond acceptors (Lipinski definition) is 6. The van der Waals surface area contributed by atoms with E-state index in [0.29, 0.717) is 17.8 Å². The van der Waals surface area contributed by atoms with Crippen LogP contribution in [0.4, 0.5) is 0 Å². The molecule has 8 atom stereocenters. The lowest BCUT2D eigenvalue weighted by Gasteiger charge is -2.52. The molecule has 0 saturated heterocycles. The Kier molecular flexibility index (Phi) is 4.16. The molecule has 2 fully saturated rings. The topological polar surface area (TPSA) is 107 Å². The Morgan fingerprint density at radius 1 is 1.21 bits per heavy atom. The maximum absolute atomic E-state index is 12.9. The second-order valence-electron chi connectivity index (χ2n) is 9.84. The molecular formula is C22H32O6. The van der Waals surface area contributed by atoms with Crippen LogP contribution in [-0.4, -0.2) is 62.3 Å². The van der Waals surface area contributed by atoms with Crippen molar-refractivity contribution >= 4 is 5.78 Å². The SMILES string of the molecule is CCO[C@@H]1[C@@H](C)[C@@]2(O)[C@@H](C=C(CO)C[C@]3(O)C(=O)C(C)=C[C@@H]23)[C@H]2C(C)(C)[C@]12O. The number of ether oxygens (including phenoxy) is 1. The third-order valence-electron chi connectivity index (χ3n) is 8.35. The molecule has 0 bridgehead atoms. The Morgan fingerprint density at radius 2 is 1.86 bits per heavy atom. The predicted octanol–water partition coefficient (Wildman–Crippen LogP) is 0.974. The number of hydrogen-bond donors (Lipinski definition) is 4. The van der Waals surface area contributed by atoms with Crippen LogP contribution in [0.25, 0.3) is 0 Å². The van der Waals surface area contributed by atoms with Gasteiger partial charge in [-0.25, -0.2) is 0 Å². The van der Waals surface area contributed by atoms with Crippen molar-refractivity contribution in [1.82, 2.24) is 0 Å². The molecule has 0 aromatic rings. The van der Waals surface area contributed by atoms with Crippen LogP contribution < -0.4 is 0 Å². The molecule has 0 unspecified atom stereocenters.